The molecule has 1 aromatic heterocycles. The lowest BCUT2D eigenvalue weighted by Crippen LogP contribution is -2.52. The number of benzene rings is 2. The summed E-state index contributed by atoms with van der Waals surface area (Å²) in [5.74, 6) is -0.708. The molecule has 6 heteroatoms. The van der Waals surface area contributed by atoms with Crippen molar-refractivity contribution in [3.05, 3.63) is 77.0 Å². The molecule has 1 aliphatic heterocycles. The maximum atomic E-state index is 12.8. The van der Waals surface area contributed by atoms with Crippen molar-refractivity contribution >= 4 is 23.1 Å². The third kappa shape index (κ3) is 4.67. The van der Waals surface area contributed by atoms with Gasteiger partial charge in [0, 0.05) is 5.56 Å². The van der Waals surface area contributed by atoms with E-state index in [0.29, 0.717) is 6.61 Å². The van der Waals surface area contributed by atoms with E-state index in [1.165, 1.54) is 0 Å². The van der Waals surface area contributed by atoms with Crippen molar-refractivity contribution in [2.24, 2.45) is 0 Å². The Morgan fingerprint density at radius 1 is 1.07 bits per heavy atom. The fourth-order valence-electron chi connectivity index (χ4n) is 3.45. The van der Waals surface area contributed by atoms with E-state index in [0.717, 1.165) is 22.4 Å². The molecule has 2 N–H and O–H groups in total. The Kier molecular flexibility index (Phi) is 5.67. The summed E-state index contributed by atoms with van der Waals surface area (Å²) in [7, 11) is 0. The van der Waals surface area contributed by atoms with Crippen LogP contribution in [0.15, 0.2) is 71.4 Å². The van der Waals surface area contributed by atoms with Gasteiger partial charge in [0.25, 0.3) is 0 Å². The molecule has 1 aliphatic rings. The summed E-state index contributed by atoms with van der Waals surface area (Å²) < 4.78 is 11.9. The molecule has 5 nitrogen and oxygen atoms in total. The number of anilines is 1. The molecule has 2 atom stereocenters. The van der Waals surface area contributed by atoms with Crippen LogP contribution in [0.25, 0.3) is 11.1 Å². The lowest BCUT2D eigenvalue weighted by Gasteiger charge is -2.41. The van der Waals surface area contributed by atoms with Crippen LogP contribution < -0.4 is 10.6 Å². The molecule has 150 valence electrons. The van der Waals surface area contributed by atoms with Crippen LogP contribution in [0, 0.1) is 0 Å². The molecular formula is C23H24N2O3S. The number of nitrogens with one attached hydrogen (secondary N) is 2. The highest BCUT2D eigenvalue weighted by Crippen LogP contribution is 2.33. The standard InChI is InChI=1S/C23H24N2O3S/c1-23(2)27-14-20(21(28-23)16-8-4-3-5-9-16)25-22(26)24-19-11-7-6-10-18(19)17-12-13-29-15-17/h3-13,15,20-21H,14H2,1-2H3,(H2,24,25,26)/t20-,21+/m0/s1. The number of urea groups is 1. The first-order valence-corrected chi connectivity index (χ1v) is 10.5. The first kappa shape index (κ1) is 19.6. The van der Waals surface area contributed by atoms with Crippen LogP contribution in [0.5, 0.6) is 0 Å². The second kappa shape index (κ2) is 8.37. The van der Waals surface area contributed by atoms with E-state index in [2.05, 4.69) is 16.0 Å². The van der Waals surface area contributed by atoms with Gasteiger partial charge in [0.1, 0.15) is 6.10 Å². The summed E-state index contributed by atoms with van der Waals surface area (Å²) in [5.41, 5.74) is 3.84. The van der Waals surface area contributed by atoms with Crippen LogP contribution >= 0.6 is 11.3 Å². The van der Waals surface area contributed by atoms with Crippen LogP contribution in [0.3, 0.4) is 0 Å². The number of carbonyl (C=O) groups excluding carboxylic acids is 1. The molecule has 1 saturated heterocycles. The summed E-state index contributed by atoms with van der Waals surface area (Å²) >= 11 is 1.63. The van der Waals surface area contributed by atoms with Crippen LogP contribution in [0.4, 0.5) is 10.5 Å². The molecule has 29 heavy (non-hydrogen) atoms. The Hall–Kier alpha value is -2.67. The average Bonchev–Trinajstić information content (AvgIpc) is 3.25. The average molecular weight is 409 g/mol. The van der Waals surface area contributed by atoms with Crippen molar-refractivity contribution in [2.75, 3.05) is 11.9 Å². The van der Waals surface area contributed by atoms with Crippen molar-refractivity contribution in [1.29, 1.82) is 0 Å². The van der Waals surface area contributed by atoms with E-state index in [1.54, 1.807) is 11.3 Å². The molecule has 0 unspecified atom stereocenters. The minimum absolute atomic E-state index is 0.287. The predicted octanol–water partition coefficient (Wildman–Crippen LogP) is 5.43. The van der Waals surface area contributed by atoms with E-state index >= 15 is 0 Å². The lowest BCUT2D eigenvalue weighted by molar-refractivity contribution is -0.284. The van der Waals surface area contributed by atoms with Gasteiger partial charge in [-0.2, -0.15) is 11.3 Å². The largest absolute Gasteiger partial charge is 0.348 e. The minimum atomic E-state index is -0.708. The Morgan fingerprint density at radius 3 is 2.59 bits per heavy atom. The summed E-state index contributed by atoms with van der Waals surface area (Å²) in [6, 6.07) is 19.1. The molecule has 0 radical (unpaired) electrons. The molecule has 0 bridgehead atoms. The predicted molar refractivity (Wildman–Crippen MR) is 116 cm³/mol. The third-order valence-electron chi connectivity index (χ3n) is 4.84. The smallest absolute Gasteiger partial charge is 0.319 e. The van der Waals surface area contributed by atoms with E-state index in [1.807, 2.05) is 79.9 Å². The minimum Gasteiger partial charge on any atom is -0.348 e. The SMILES string of the molecule is CC1(C)OC[C@H](NC(=O)Nc2ccccc2-c2ccsc2)[C@@H](c2ccccc2)O1. The zero-order valence-corrected chi connectivity index (χ0v) is 17.2. The molecule has 4 rings (SSSR count). The first-order valence-electron chi connectivity index (χ1n) is 9.58. The highest BCUT2D eigenvalue weighted by atomic mass is 32.1. The topological polar surface area (TPSA) is 59.6 Å². The summed E-state index contributed by atoms with van der Waals surface area (Å²) in [4.78, 5) is 12.8. The second-order valence-electron chi connectivity index (χ2n) is 7.42. The van der Waals surface area contributed by atoms with Gasteiger partial charge < -0.3 is 20.1 Å². The van der Waals surface area contributed by atoms with E-state index in [4.69, 9.17) is 9.47 Å². The second-order valence-corrected chi connectivity index (χ2v) is 8.20. The number of rotatable bonds is 4. The van der Waals surface area contributed by atoms with Gasteiger partial charge in [0.15, 0.2) is 5.79 Å². The third-order valence-corrected chi connectivity index (χ3v) is 5.52. The van der Waals surface area contributed by atoms with Crippen LogP contribution in [-0.2, 0) is 9.47 Å². The monoisotopic (exact) mass is 408 g/mol. The molecule has 1 fully saturated rings. The number of hydrogen-bond donors (Lipinski definition) is 2. The Labute approximate surface area is 174 Å². The Bertz CT molecular complexity index is 957. The van der Waals surface area contributed by atoms with Crippen LogP contribution in [0.2, 0.25) is 0 Å². The van der Waals surface area contributed by atoms with Crippen LogP contribution in [0.1, 0.15) is 25.5 Å². The van der Waals surface area contributed by atoms with Gasteiger partial charge in [-0.3, -0.25) is 0 Å². The molecule has 3 aromatic rings. The zero-order valence-electron chi connectivity index (χ0n) is 16.4. The van der Waals surface area contributed by atoms with Crippen molar-refractivity contribution in [2.45, 2.75) is 31.8 Å². The van der Waals surface area contributed by atoms with Gasteiger partial charge in [0.2, 0.25) is 0 Å². The maximum absolute atomic E-state index is 12.8. The highest BCUT2D eigenvalue weighted by Gasteiger charge is 2.38. The molecule has 0 aliphatic carbocycles. The van der Waals surface area contributed by atoms with Crippen molar-refractivity contribution in [3.63, 3.8) is 0 Å². The van der Waals surface area contributed by atoms with Crippen molar-refractivity contribution in [1.82, 2.24) is 5.32 Å². The van der Waals surface area contributed by atoms with Crippen molar-refractivity contribution < 1.29 is 14.3 Å². The molecule has 0 saturated carbocycles. The van der Waals surface area contributed by atoms with E-state index in [-0.39, 0.29) is 18.2 Å². The maximum Gasteiger partial charge on any atom is 0.319 e. The molecule has 0 spiro atoms. The number of ether oxygens (including phenoxy) is 2. The fourth-order valence-corrected chi connectivity index (χ4v) is 4.10. The van der Waals surface area contributed by atoms with Gasteiger partial charge >= 0.3 is 6.03 Å². The summed E-state index contributed by atoms with van der Waals surface area (Å²) in [6.45, 7) is 4.14. The number of amides is 2. The summed E-state index contributed by atoms with van der Waals surface area (Å²) in [6.07, 6.45) is -0.294. The number of hydrogen-bond acceptors (Lipinski definition) is 4. The van der Waals surface area contributed by atoms with E-state index in [9.17, 15) is 4.79 Å². The number of thiophene rings is 1. The molecular weight excluding hydrogens is 384 g/mol. The van der Waals surface area contributed by atoms with E-state index < -0.39 is 5.79 Å². The van der Waals surface area contributed by atoms with Gasteiger partial charge in [0.05, 0.1) is 18.3 Å². The molecule has 2 aromatic carbocycles. The highest BCUT2D eigenvalue weighted by molar-refractivity contribution is 7.08. The lowest BCUT2D eigenvalue weighted by atomic mass is 10.0. The first-order chi connectivity index (χ1) is 14.0. The van der Waals surface area contributed by atoms with Gasteiger partial charge in [-0.15, -0.1) is 0 Å². The quantitative estimate of drug-likeness (QED) is 0.605. The normalized spacial score (nSPS) is 20.8. The Morgan fingerprint density at radius 2 is 1.83 bits per heavy atom. The summed E-state index contributed by atoms with van der Waals surface area (Å²) in [5, 5.41) is 10.1. The van der Waals surface area contributed by atoms with Crippen molar-refractivity contribution in [3.8, 4) is 11.1 Å². The zero-order chi connectivity index (χ0) is 20.3. The molecule has 2 heterocycles. The molecule has 2 amide bonds. The fraction of sp³-hybridized carbons (Fsp3) is 0.261. The van der Waals surface area contributed by atoms with Crippen LogP contribution in [-0.4, -0.2) is 24.5 Å². The van der Waals surface area contributed by atoms with Gasteiger partial charge in [-0.05, 0) is 47.9 Å². The Balaban J connectivity index is 1.51. The van der Waals surface area contributed by atoms with Gasteiger partial charge in [-0.25, -0.2) is 4.79 Å². The van der Waals surface area contributed by atoms with Gasteiger partial charge in [-0.1, -0.05) is 48.5 Å². The number of carbonyl (C=O) groups is 1. The number of para-hydroxylation sites is 1.